The van der Waals surface area contributed by atoms with Crippen LogP contribution < -0.4 is 5.73 Å². The highest BCUT2D eigenvalue weighted by atomic mass is 19.1. The SMILES string of the molecule is CN(C)C(=O)C(O)c1cc(-c2cnc3[nH]cc(-c4ccccc4F)c3c2)cnc1N. The van der Waals surface area contributed by atoms with Crippen LogP contribution in [0.15, 0.2) is 55.0 Å². The second kappa shape index (κ2) is 7.57. The minimum Gasteiger partial charge on any atom is -0.383 e. The van der Waals surface area contributed by atoms with E-state index in [-0.39, 0.29) is 17.2 Å². The van der Waals surface area contributed by atoms with Gasteiger partial charge in [0.2, 0.25) is 0 Å². The summed E-state index contributed by atoms with van der Waals surface area (Å²) in [5.41, 5.74) is 9.19. The maximum atomic E-state index is 14.3. The number of hydrogen-bond acceptors (Lipinski definition) is 5. The van der Waals surface area contributed by atoms with E-state index in [1.807, 2.05) is 6.07 Å². The Balaban J connectivity index is 1.81. The number of benzene rings is 1. The van der Waals surface area contributed by atoms with Crippen molar-refractivity contribution >= 4 is 22.8 Å². The third kappa shape index (κ3) is 3.37. The number of hydrogen-bond donors (Lipinski definition) is 3. The maximum Gasteiger partial charge on any atom is 0.255 e. The fourth-order valence-corrected chi connectivity index (χ4v) is 3.31. The molecule has 0 aliphatic carbocycles. The first-order valence-electron chi connectivity index (χ1n) is 9.24. The number of fused-ring (bicyclic) bond motifs is 1. The van der Waals surface area contributed by atoms with E-state index in [9.17, 15) is 14.3 Å². The summed E-state index contributed by atoms with van der Waals surface area (Å²) in [5.74, 6) is -0.753. The molecule has 0 radical (unpaired) electrons. The number of H-pyrrole nitrogens is 1. The first kappa shape index (κ1) is 19.5. The fourth-order valence-electron chi connectivity index (χ4n) is 3.31. The molecule has 1 amide bonds. The Hall–Kier alpha value is -3.78. The van der Waals surface area contributed by atoms with Crippen LogP contribution in [0.25, 0.3) is 33.3 Å². The molecule has 0 spiro atoms. The highest BCUT2D eigenvalue weighted by Crippen LogP contribution is 2.33. The van der Waals surface area contributed by atoms with Gasteiger partial charge in [-0.25, -0.2) is 14.4 Å². The molecule has 3 aromatic heterocycles. The van der Waals surface area contributed by atoms with E-state index in [1.54, 1.807) is 57.0 Å². The molecule has 30 heavy (non-hydrogen) atoms. The van der Waals surface area contributed by atoms with Crippen LogP contribution in [-0.2, 0) is 4.79 Å². The van der Waals surface area contributed by atoms with Crippen molar-refractivity contribution in [3.05, 3.63) is 66.4 Å². The van der Waals surface area contributed by atoms with Gasteiger partial charge < -0.3 is 20.7 Å². The predicted octanol–water partition coefficient (Wildman–Crippen LogP) is 3.13. The molecule has 0 bridgehead atoms. The Labute approximate surface area is 172 Å². The maximum absolute atomic E-state index is 14.3. The summed E-state index contributed by atoms with van der Waals surface area (Å²) in [6, 6.07) is 10.00. The van der Waals surface area contributed by atoms with Crippen LogP contribution >= 0.6 is 0 Å². The number of aromatic amines is 1. The number of nitrogen functional groups attached to an aromatic ring is 1. The molecular formula is C22H20FN5O2. The smallest absolute Gasteiger partial charge is 0.255 e. The van der Waals surface area contributed by atoms with Gasteiger partial charge in [0.05, 0.1) is 0 Å². The predicted molar refractivity (Wildman–Crippen MR) is 113 cm³/mol. The number of pyridine rings is 2. The van der Waals surface area contributed by atoms with Gasteiger partial charge in [-0.3, -0.25) is 4.79 Å². The summed E-state index contributed by atoms with van der Waals surface area (Å²) in [7, 11) is 3.10. The number of aromatic nitrogens is 3. The molecule has 0 fully saturated rings. The molecule has 152 valence electrons. The highest BCUT2D eigenvalue weighted by Gasteiger charge is 2.23. The summed E-state index contributed by atoms with van der Waals surface area (Å²) < 4.78 is 14.3. The van der Waals surface area contributed by atoms with E-state index in [0.717, 1.165) is 5.39 Å². The highest BCUT2D eigenvalue weighted by molar-refractivity contribution is 5.96. The Morgan fingerprint density at radius 3 is 2.57 bits per heavy atom. The molecule has 3 heterocycles. The van der Waals surface area contributed by atoms with Gasteiger partial charge in [0.15, 0.2) is 6.10 Å². The summed E-state index contributed by atoms with van der Waals surface area (Å²) in [5, 5.41) is 11.1. The molecule has 4 N–H and O–H groups in total. The van der Waals surface area contributed by atoms with Crippen molar-refractivity contribution in [2.75, 3.05) is 19.8 Å². The number of aliphatic hydroxyl groups excluding tert-OH is 1. The largest absolute Gasteiger partial charge is 0.383 e. The molecule has 0 saturated carbocycles. The molecule has 1 aromatic carbocycles. The van der Waals surface area contributed by atoms with Crippen molar-refractivity contribution in [3.8, 4) is 22.3 Å². The van der Waals surface area contributed by atoms with Crippen LogP contribution in [-0.4, -0.2) is 45.0 Å². The van der Waals surface area contributed by atoms with Gasteiger partial charge >= 0.3 is 0 Å². The molecule has 4 aromatic rings. The lowest BCUT2D eigenvalue weighted by atomic mass is 10.0. The number of likely N-dealkylation sites (N-methyl/N-ethyl adjacent to an activating group) is 1. The number of nitrogens with one attached hydrogen (secondary N) is 1. The molecule has 0 aliphatic rings. The van der Waals surface area contributed by atoms with Crippen molar-refractivity contribution in [3.63, 3.8) is 0 Å². The van der Waals surface area contributed by atoms with Crippen molar-refractivity contribution in [1.29, 1.82) is 0 Å². The molecule has 8 heteroatoms. The standard InChI is InChI=1S/C22H20FN5O2/c1-28(2)22(30)19(29)16-8-13(9-25-20(16)24)12-7-15-17(11-27-21(15)26-10-12)14-5-3-4-6-18(14)23/h3-11,19,29H,1-2H3,(H2,24,25)(H,26,27). The third-order valence-corrected chi connectivity index (χ3v) is 4.95. The van der Waals surface area contributed by atoms with Crippen LogP contribution in [0.4, 0.5) is 10.2 Å². The molecule has 1 atom stereocenters. The van der Waals surface area contributed by atoms with E-state index in [2.05, 4.69) is 15.0 Å². The van der Waals surface area contributed by atoms with Gasteiger partial charge in [0.1, 0.15) is 17.3 Å². The zero-order chi connectivity index (χ0) is 21.4. The first-order chi connectivity index (χ1) is 14.4. The minimum absolute atomic E-state index is 0.0733. The zero-order valence-corrected chi connectivity index (χ0v) is 16.4. The molecule has 7 nitrogen and oxygen atoms in total. The lowest BCUT2D eigenvalue weighted by Crippen LogP contribution is -2.28. The zero-order valence-electron chi connectivity index (χ0n) is 16.4. The van der Waals surface area contributed by atoms with Crippen LogP contribution in [0.2, 0.25) is 0 Å². The van der Waals surface area contributed by atoms with Gasteiger partial charge in [-0.1, -0.05) is 18.2 Å². The third-order valence-electron chi connectivity index (χ3n) is 4.95. The Morgan fingerprint density at radius 1 is 1.13 bits per heavy atom. The van der Waals surface area contributed by atoms with Crippen LogP contribution in [0.5, 0.6) is 0 Å². The van der Waals surface area contributed by atoms with Crippen molar-refractivity contribution < 1.29 is 14.3 Å². The van der Waals surface area contributed by atoms with E-state index < -0.39 is 12.0 Å². The van der Waals surface area contributed by atoms with Crippen LogP contribution in [0.1, 0.15) is 11.7 Å². The average Bonchev–Trinajstić information content (AvgIpc) is 3.16. The number of rotatable bonds is 4. The molecule has 0 saturated heterocycles. The van der Waals surface area contributed by atoms with Gasteiger partial charge in [0.25, 0.3) is 5.91 Å². The number of amides is 1. The monoisotopic (exact) mass is 405 g/mol. The van der Waals surface area contributed by atoms with Gasteiger partial charge in [-0.15, -0.1) is 0 Å². The lowest BCUT2D eigenvalue weighted by Gasteiger charge is -2.17. The number of halogens is 1. The van der Waals surface area contributed by atoms with E-state index >= 15 is 0 Å². The van der Waals surface area contributed by atoms with Crippen LogP contribution in [0.3, 0.4) is 0 Å². The quantitative estimate of drug-likeness (QED) is 0.483. The lowest BCUT2D eigenvalue weighted by molar-refractivity contribution is -0.137. The minimum atomic E-state index is -1.43. The number of nitrogens with two attached hydrogens (primary N) is 1. The topological polar surface area (TPSA) is 108 Å². The second-order valence-corrected chi connectivity index (χ2v) is 7.14. The number of nitrogens with zero attached hydrogens (tertiary/aromatic N) is 3. The van der Waals surface area contributed by atoms with Gasteiger partial charge in [-0.2, -0.15) is 0 Å². The van der Waals surface area contributed by atoms with Crippen LogP contribution in [0, 0.1) is 5.82 Å². The van der Waals surface area contributed by atoms with E-state index in [4.69, 9.17) is 5.73 Å². The fraction of sp³-hybridized carbons (Fsp3) is 0.136. The average molecular weight is 405 g/mol. The Kier molecular flexibility index (Phi) is 4.93. The Bertz CT molecular complexity index is 1250. The van der Waals surface area contributed by atoms with Crippen molar-refractivity contribution in [2.24, 2.45) is 0 Å². The summed E-state index contributed by atoms with van der Waals surface area (Å²) in [4.78, 5) is 25.0. The summed E-state index contributed by atoms with van der Waals surface area (Å²) in [6.07, 6.45) is 3.47. The molecular weight excluding hydrogens is 385 g/mol. The number of anilines is 1. The second-order valence-electron chi connectivity index (χ2n) is 7.14. The first-order valence-corrected chi connectivity index (χ1v) is 9.24. The van der Waals surface area contributed by atoms with Crippen molar-refractivity contribution in [1.82, 2.24) is 19.9 Å². The van der Waals surface area contributed by atoms with E-state index in [0.29, 0.717) is 27.9 Å². The molecule has 1 unspecified atom stereocenters. The number of aliphatic hydroxyl groups is 1. The van der Waals surface area contributed by atoms with E-state index in [1.165, 1.54) is 11.0 Å². The number of carbonyl (C=O) groups is 1. The summed E-state index contributed by atoms with van der Waals surface area (Å²) >= 11 is 0. The normalized spacial score (nSPS) is 12.1. The van der Waals surface area contributed by atoms with Gasteiger partial charge in [0, 0.05) is 65.9 Å². The summed E-state index contributed by atoms with van der Waals surface area (Å²) in [6.45, 7) is 0. The van der Waals surface area contributed by atoms with Crippen molar-refractivity contribution in [2.45, 2.75) is 6.10 Å². The molecule has 4 rings (SSSR count). The Morgan fingerprint density at radius 2 is 1.83 bits per heavy atom. The molecule has 0 aliphatic heterocycles. The van der Waals surface area contributed by atoms with Gasteiger partial charge in [-0.05, 0) is 18.2 Å². The number of carbonyl (C=O) groups excluding carboxylic acids is 1.